The third kappa shape index (κ3) is 3.55. The molecule has 0 aliphatic carbocycles. The van der Waals surface area contributed by atoms with Crippen LogP contribution < -0.4 is 0 Å². The Morgan fingerprint density at radius 1 is 1.53 bits per heavy atom. The number of carboxylic acids is 1. The van der Waals surface area contributed by atoms with Crippen molar-refractivity contribution in [3.05, 3.63) is 34.9 Å². The monoisotopic (exact) mass is 263 g/mol. The number of benzene rings is 1. The quantitative estimate of drug-likeness (QED) is 0.884. The molecule has 0 saturated carbocycles. The van der Waals surface area contributed by atoms with Crippen molar-refractivity contribution < 1.29 is 14.6 Å². The van der Waals surface area contributed by atoms with Crippen LogP contribution >= 0.6 is 0 Å². The zero-order valence-electron chi connectivity index (χ0n) is 11.6. The highest BCUT2D eigenvalue weighted by atomic mass is 16.5. The van der Waals surface area contributed by atoms with Crippen molar-refractivity contribution in [2.45, 2.75) is 19.9 Å². The van der Waals surface area contributed by atoms with E-state index in [0.29, 0.717) is 11.5 Å². The summed E-state index contributed by atoms with van der Waals surface area (Å²) in [5, 5.41) is 8.95. The number of nitrogens with zero attached hydrogens (tertiary/aromatic N) is 1. The lowest BCUT2D eigenvalue weighted by Crippen LogP contribution is -2.21. The predicted molar refractivity (Wildman–Crippen MR) is 73.4 cm³/mol. The van der Waals surface area contributed by atoms with Crippen molar-refractivity contribution in [2.24, 2.45) is 5.92 Å². The number of methoxy groups -OCH3 is 1. The average molecular weight is 263 g/mol. The maximum absolute atomic E-state index is 10.9. The Bertz CT molecular complexity index is 459. The lowest BCUT2D eigenvalue weighted by Gasteiger charge is -2.17. The fourth-order valence-corrected chi connectivity index (χ4v) is 2.68. The minimum Gasteiger partial charge on any atom is -0.478 e. The molecule has 1 aromatic carbocycles. The van der Waals surface area contributed by atoms with Gasteiger partial charge in [0.2, 0.25) is 0 Å². The topological polar surface area (TPSA) is 49.8 Å². The van der Waals surface area contributed by atoms with Crippen LogP contribution in [0.5, 0.6) is 0 Å². The van der Waals surface area contributed by atoms with E-state index in [4.69, 9.17) is 9.84 Å². The number of likely N-dealkylation sites (tertiary alicyclic amines) is 1. The second kappa shape index (κ2) is 6.17. The van der Waals surface area contributed by atoms with E-state index >= 15 is 0 Å². The van der Waals surface area contributed by atoms with Gasteiger partial charge in [-0.15, -0.1) is 0 Å². The van der Waals surface area contributed by atoms with Gasteiger partial charge in [0.25, 0.3) is 0 Å². The molecule has 104 valence electrons. The molecule has 1 unspecified atom stereocenters. The van der Waals surface area contributed by atoms with E-state index in [1.54, 1.807) is 19.2 Å². The number of ether oxygens (including phenoxy) is 1. The zero-order valence-corrected chi connectivity index (χ0v) is 11.6. The first-order chi connectivity index (χ1) is 9.10. The third-order valence-electron chi connectivity index (χ3n) is 3.76. The van der Waals surface area contributed by atoms with Crippen molar-refractivity contribution in [3.63, 3.8) is 0 Å². The Labute approximate surface area is 114 Å². The predicted octanol–water partition coefficient (Wildman–Crippen LogP) is 2.16. The normalized spacial score (nSPS) is 19.8. The summed E-state index contributed by atoms with van der Waals surface area (Å²) < 4.78 is 5.20. The number of aryl methyl sites for hydroxylation is 1. The Balaban J connectivity index is 1.98. The molecule has 0 bridgehead atoms. The van der Waals surface area contributed by atoms with Crippen molar-refractivity contribution in [2.75, 3.05) is 26.8 Å². The highest BCUT2D eigenvalue weighted by molar-refractivity contribution is 5.87. The molecule has 0 amide bonds. The summed E-state index contributed by atoms with van der Waals surface area (Å²) in [5.41, 5.74) is 2.62. The molecule has 0 aromatic heterocycles. The summed E-state index contributed by atoms with van der Waals surface area (Å²) in [6.45, 7) is 5.85. The summed E-state index contributed by atoms with van der Waals surface area (Å²) >= 11 is 0. The summed E-state index contributed by atoms with van der Waals surface area (Å²) in [6, 6.07) is 5.37. The van der Waals surface area contributed by atoms with Gasteiger partial charge < -0.3 is 9.84 Å². The molecule has 4 heteroatoms. The molecule has 4 nitrogen and oxygen atoms in total. The number of carboxylic acid groups (broad SMARTS) is 1. The van der Waals surface area contributed by atoms with E-state index in [9.17, 15) is 4.79 Å². The van der Waals surface area contributed by atoms with Crippen molar-refractivity contribution in [1.82, 2.24) is 4.90 Å². The van der Waals surface area contributed by atoms with Crippen LogP contribution in [0.4, 0.5) is 0 Å². The molecule has 1 atom stereocenters. The molecule has 1 aromatic rings. The number of carbonyl (C=O) groups is 1. The Hall–Kier alpha value is -1.39. The van der Waals surface area contributed by atoms with Gasteiger partial charge in [0, 0.05) is 20.2 Å². The second-order valence-electron chi connectivity index (χ2n) is 5.29. The zero-order chi connectivity index (χ0) is 13.8. The van der Waals surface area contributed by atoms with Gasteiger partial charge in [0.1, 0.15) is 0 Å². The second-order valence-corrected chi connectivity index (χ2v) is 5.29. The van der Waals surface area contributed by atoms with Crippen molar-refractivity contribution in [3.8, 4) is 0 Å². The molecule has 1 N–H and O–H groups in total. The maximum Gasteiger partial charge on any atom is 0.335 e. The number of aromatic carboxylic acids is 1. The van der Waals surface area contributed by atoms with Crippen LogP contribution in [0.25, 0.3) is 0 Å². The summed E-state index contributed by atoms with van der Waals surface area (Å²) in [5.74, 6) is -0.236. The van der Waals surface area contributed by atoms with E-state index in [0.717, 1.165) is 31.8 Å². The van der Waals surface area contributed by atoms with Gasteiger partial charge >= 0.3 is 5.97 Å². The Morgan fingerprint density at radius 2 is 2.32 bits per heavy atom. The lowest BCUT2D eigenvalue weighted by molar-refractivity contribution is 0.0696. The van der Waals surface area contributed by atoms with E-state index in [-0.39, 0.29) is 0 Å². The van der Waals surface area contributed by atoms with Crippen molar-refractivity contribution >= 4 is 5.97 Å². The molecule has 1 aliphatic heterocycles. The largest absolute Gasteiger partial charge is 0.478 e. The van der Waals surface area contributed by atoms with Gasteiger partial charge in [-0.3, -0.25) is 4.90 Å². The first kappa shape index (κ1) is 14.0. The van der Waals surface area contributed by atoms with Crippen LogP contribution in [0.1, 0.15) is 27.9 Å². The molecular weight excluding hydrogens is 242 g/mol. The van der Waals surface area contributed by atoms with Crippen LogP contribution in [0.2, 0.25) is 0 Å². The first-order valence-electron chi connectivity index (χ1n) is 6.64. The molecule has 1 aliphatic rings. The maximum atomic E-state index is 10.9. The van der Waals surface area contributed by atoms with Gasteiger partial charge in [-0.05, 0) is 49.1 Å². The fraction of sp³-hybridized carbons (Fsp3) is 0.533. The molecule has 2 rings (SSSR count). The highest BCUT2D eigenvalue weighted by Gasteiger charge is 2.22. The van der Waals surface area contributed by atoms with Crippen LogP contribution in [0.15, 0.2) is 18.2 Å². The molecule has 1 fully saturated rings. The van der Waals surface area contributed by atoms with Gasteiger partial charge in [0.15, 0.2) is 0 Å². The minimum atomic E-state index is -0.865. The summed E-state index contributed by atoms with van der Waals surface area (Å²) in [4.78, 5) is 13.3. The summed E-state index contributed by atoms with van der Waals surface area (Å²) in [7, 11) is 1.75. The number of hydrogen-bond acceptors (Lipinski definition) is 3. The molecular formula is C15H21NO3. The smallest absolute Gasteiger partial charge is 0.335 e. The lowest BCUT2D eigenvalue weighted by atomic mass is 10.0. The first-order valence-corrected chi connectivity index (χ1v) is 6.64. The molecule has 0 radical (unpaired) electrons. The number of rotatable bonds is 5. The highest BCUT2D eigenvalue weighted by Crippen LogP contribution is 2.20. The standard InChI is InChI=1S/C15H21NO3/c1-11-7-13(15(17)18)3-4-14(11)9-16-6-5-12(8-16)10-19-2/h3-4,7,12H,5-6,8-10H2,1-2H3,(H,17,18). The number of hydrogen-bond donors (Lipinski definition) is 1. The summed E-state index contributed by atoms with van der Waals surface area (Å²) in [6.07, 6.45) is 1.18. The van der Waals surface area contributed by atoms with Crippen LogP contribution in [0.3, 0.4) is 0 Å². The Kier molecular flexibility index (Phi) is 4.56. The van der Waals surface area contributed by atoms with E-state index < -0.39 is 5.97 Å². The van der Waals surface area contributed by atoms with Crippen molar-refractivity contribution in [1.29, 1.82) is 0 Å². The van der Waals surface area contributed by atoms with E-state index in [1.165, 1.54) is 12.0 Å². The molecule has 19 heavy (non-hydrogen) atoms. The van der Waals surface area contributed by atoms with Gasteiger partial charge in [-0.25, -0.2) is 4.79 Å². The molecule has 1 heterocycles. The van der Waals surface area contributed by atoms with Crippen LogP contribution in [-0.4, -0.2) is 42.8 Å². The fourth-order valence-electron chi connectivity index (χ4n) is 2.68. The minimum absolute atomic E-state index is 0.361. The Morgan fingerprint density at radius 3 is 2.95 bits per heavy atom. The van der Waals surface area contributed by atoms with E-state index in [2.05, 4.69) is 4.90 Å². The van der Waals surface area contributed by atoms with Crippen LogP contribution in [0, 0.1) is 12.8 Å². The molecule has 0 spiro atoms. The van der Waals surface area contributed by atoms with Gasteiger partial charge in [0.05, 0.1) is 12.2 Å². The van der Waals surface area contributed by atoms with Gasteiger partial charge in [-0.1, -0.05) is 6.07 Å². The van der Waals surface area contributed by atoms with E-state index in [1.807, 2.05) is 13.0 Å². The third-order valence-corrected chi connectivity index (χ3v) is 3.76. The van der Waals surface area contributed by atoms with Gasteiger partial charge in [-0.2, -0.15) is 0 Å². The molecule has 1 saturated heterocycles. The SMILES string of the molecule is COCC1CCN(Cc2ccc(C(=O)O)cc2C)C1. The van der Waals surface area contributed by atoms with Crippen LogP contribution in [-0.2, 0) is 11.3 Å². The average Bonchev–Trinajstić information content (AvgIpc) is 2.79.